The lowest BCUT2D eigenvalue weighted by atomic mass is 10.0. The van der Waals surface area contributed by atoms with Crippen LogP contribution >= 0.6 is 0 Å². The molecule has 0 bridgehead atoms. The molecule has 1 saturated heterocycles. The fourth-order valence-corrected chi connectivity index (χ4v) is 8.80. The van der Waals surface area contributed by atoms with Crippen LogP contribution in [0.2, 0.25) is 0 Å². The summed E-state index contributed by atoms with van der Waals surface area (Å²) < 4.78 is 0. The third kappa shape index (κ3) is 11.4. The summed E-state index contributed by atoms with van der Waals surface area (Å²) in [5.41, 5.74) is 22.2. The molecule has 6 aromatic rings. The van der Waals surface area contributed by atoms with Crippen LogP contribution in [0.3, 0.4) is 0 Å². The van der Waals surface area contributed by atoms with E-state index < -0.39 is 77.9 Å². The van der Waals surface area contributed by atoms with Crippen molar-refractivity contribution in [3.8, 4) is 0 Å². The average molecular weight is 931 g/mol. The van der Waals surface area contributed by atoms with Crippen molar-refractivity contribution in [3.05, 3.63) is 108 Å². The largest absolute Gasteiger partial charge is 0.480 e. The maximum absolute atomic E-state index is 14.5. The van der Waals surface area contributed by atoms with Crippen LogP contribution in [0.4, 0.5) is 0 Å². The number of nitrogens with one attached hydrogen (secondary N) is 7. The van der Waals surface area contributed by atoms with E-state index in [1.54, 1.807) is 18.6 Å². The number of carboxylic acid groups (broad SMARTS) is 1. The highest BCUT2D eigenvalue weighted by molar-refractivity contribution is 5.98. The second-order valence-corrected chi connectivity index (χ2v) is 17.2. The number of rotatable bonds is 21. The number of amides is 5. The fourth-order valence-electron chi connectivity index (χ4n) is 8.80. The van der Waals surface area contributed by atoms with Crippen LogP contribution in [0.5, 0.6) is 0 Å². The number of carboxylic acids is 1. The van der Waals surface area contributed by atoms with Crippen molar-refractivity contribution in [1.82, 2.24) is 41.1 Å². The molecule has 1 fully saturated rings. The summed E-state index contributed by atoms with van der Waals surface area (Å²) >= 11 is 0. The van der Waals surface area contributed by atoms with Crippen molar-refractivity contribution >= 4 is 74.2 Å². The van der Waals surface area contributed by atoms with E-state index in [-0.39, 0.29) is 57.6 Å². The van der Waals surface area contributed by atoms with Gasteiger partial charge in [-0.15, -0.1) is 0 Å². The van der Waals surface area contributed by atoms with E-state index in [2.05, 4.69) is 41.2 Å². The summed E-state index contributed by atoms with van der Waals surface area (Å²) in [6.45, 7) is 1.47. The highest BCUT2D eigenvalue weighted by Crippen LogP contribution is 2.24. The molecule has 15 N–H and O–H groups in total. The number of aliphatic hydroxyl groups excluding tert-OH is 1. The molecule has 1 aliphatic rings. The number of fused-ring (bicyclic) bond motifs is 3. The summed E-state index contributed by atoms with van der Waals surface area (Å²) in [5, 5.41) is 34.4. The van der Waals surface area contributed by atoms with E-state index in [0.29, 0.717) is 17.5 Å². The van der Waals surface area contributed by atoms with Crippen LogP contribution in [0.1, 0.15) is 49.3 Å². The minimum atomic E-state index is -1.58. The lowest BCUT2D eigenvalue weighted by Gasteiger charge is -2.31. The van der Waals surface area contributed by atoms with Gasteiger partial charge in [-0.05, 0) is 73.9 Å². The van der Waals surface area contributed by atoms with Crippen LogP contribution in [0.25, 0.3) is 32.7 Å². The predicted molar refractivity (Wildman–Crippen MR) is 256 cm³/mol. The quantitative estimate of drug-likeness (QED) is 0.0274. The summed E-state index contributed by atoms with van der Waals surface area (Å²) in [6, 6.07) is 14.7. The monoisotopic (exact) mass is 930 g/mol. The molecule has 1 aliphatic heterocycles. The van der Waals surface area contributed by atoms with E-state index in [9.17, 15) is 39.0 Å². The number of aromatic nitrogens is 3. The van der Waals surface area contributed by atoms with Crippen molar-refractivity contribution in [2.45, 2.75) is 94.2 Å². The Hall–Kier alpha value is -7.71. The number of benzene rings is 3. The van der Waals surface area contributed by atoms with Crippen molar-refractivity contribution in [3.63, 3.8) is 0 Å². The predicted octanol–water partition coefficient (Wildman–Crippen LogP) is 0.935. The first kappa shape index (κ1) is 48.2. The topological polar surface area (TPSA) is 332 Å². The van der Waals surface area contributed by atoms with Gasteiger partial charge in [0.25, 0.3) is 0 Å². The molecule has 0 saturated carbocycles. The first-order chi connectivity index (χ1) is 32.7. The second-order valence-electron chi connectivity index (χ2n) is 17.2. The molecule has 0 radical (unpaired) electrons. The van der Waals surface area contributed by atoms with E-state index in [0.717, 1.165) is 38.3 Å². The summed E-state index contributed by atoms with van der Waals surface area (Å²) in [5.74, 6) is -5.13. The van der Waals surface area contributed by atoms with Gasteiger partial charge >= 0.3 is 5.97 Å². The number of nitrogens with two attached hydrogens (primary N) is 3. The van der Waals surface area contributed by atoms with Crippen molar-refractivity contribution in [2.24, 2.45) is 22.2 Å². The third-order valence-corrected chi connectivity index (χ3v) is 12.4. The molecule has 3 aromatic heterocycles. The maximum atomic E-state index is 14.5. The molecule has 7 rings (SSSR count). The summed E-state index contributed by atoms with van der Waals surface area (Å²) in [4.78, 5) is 97.7. The third-order valence-electron chi connectivity index (χ3n) is 12.4. The molecular weight excluding hydrogens is 873 g/mol. The number of carbonyl (C=O) groups is 6. The SMILES string of the molecule is C[C@@H](O)[C@H](NC(=O)[C@H](CCCN=C(N)N)NC(=O)[C@H](Cc1c[nH]c2ccccc12)NC(=O)[C@@H](N)Cc1c[nH]c2ccccc12)C(=O)N1CCC[C@H]1C(=O)N[C@@H](Cc1c[nH]c2ccccc12)C(=O)O. The van der Waals surface area contributed by atoms with Gasteiger partial charge in [-0.2, -0.15) is 0 Å². The Morgan fingerprint density at radius 3 is 1.74 bits per heavy atom. The van der Waals surface area contributed by atoms with Gasteiger partial charge in [0.2, 0.25) is 29.5 Å². The Morgan fingerprint density at radius 1 is 0.706 bits per heavy atom. The highest BCUT2D eigenvalue weighted by atomic mass is 16.4. The normalized spacial score (nSPS) is 16.3. The Balaban J connectivity index is 1.07. The Morgan fingerprint density at radius 2 is 1.21 bits per heavy atom. The number of aliphatic carboxylic acids is 1. The van der Waals surface area contributed by atoms with E-state index >= 15 is 0 Å². The fraction of sp³-hybridized carbons (Fsp3) is 0.354. The van der Waals surface area contributed by atoms with Crippen LogP contribution in [-0.2, 0) is 48.0 Å². The van der Waals surface area contributed by atoms with Gasteiger partial charge in [0.15, 0.2) is 5.96 Å². The molecule has 4 heterocycles. The second kappa shape index (κ2) is 21.7. The van der Waals surface area contributed by atoms with E-state index in [1.165, 1.54) is 11.8 Å². The van der Waals surface area contributed by atoms with Gasteiger partial charge in [0.05, 0.1) is 12.1 Å². The van der Waals surface area contributed by atoms with Crippen LogP contribution in [0.15, 0.2) is 96.4 Å². The lowest BCUT2D eigenvalue weighted by Crippen LogP contribution is -2.61. The van der Waals surface area contributed by atoms with Gasteiger partial charge in [0, 0.05) is 77.2 Å². The van der Waals surface area contributed by atoms with Gasteiger partial charge < -0.3 is 68.5 Å². The van der Waals surface area contributed by atoms with Crippen molar-refractivity contribution in [1.29, 1.82) is 0 Å². The number of aliphatic imine (C=N–C) groups is 1. The van der Waals surface area contributed by atoms with Crippen molar-refractivity contribution < 1.29 is 39.0 Å². The molecule has 20 heteroatoms. The Kier molecular flexibility index (Phi) is 15.4. The summed E-state index contributed by atoms with van der Waals surface area (Å²) in [6.07, 6.45) is 4.61. The highest BCUT2D eigenvalue weighted by Gasteiger charge is 2.41. The number of para-hydroxylation sites is 3. The van der Waals surface area contributed by atoms with Gasteiger partial charge in [-0.25, -0.2) is 4.79 Å². The summed E-state index contributed by atoms with van der Waals surface area (Å²) in [7, 11) is 0. The number of carbonyl (C=O) groups excluding carboxylic acids is 5. The Labute approximate surface area is 390 Å². The standard InChI is InChI=1S/C48H58N12O8/c1-26(61)41(46(66)60-19-9-17-40(60)45(65)58-39(47(67)68)22-29-25-55-36-15-7-4-12-32(29)36)59-43(63)37(16-8-18-52-48(50)51)56-44(64)38(21-28-24-54-35-14-6-3-11-31(28)35)57-42(62)33(49)20-27-23-53-34-13-5-2-10-30(27)34/h2-7,10-15,23-26,33,37-41,53-55,61H,8-9,16-22,49H2,1H3,(H,56,64)(H,57,62)(H,58,65)(H,59,63)(H,67,68)(H4,50,51,52)/t26-,33+,37+,38+,39+,40+,41+/m1/s1. The smallest absolute Gasteiger partial charge is 0.326 e. The molecule has 3 aromatic carbocycles. The van der Waals surface area contributed by atoms with Crippen molar-refractivity contribution in [2.75, 3.05) is 13.1 Å². The molecule has 358 valence electrons. The zero-order chi connectivity index (χ0) is 48.5. The number of hydrogen-bond acceptors (Lipinski definition) is 9. The number of hydrogen-bond donors (Lipinski definition) is 12. The van der Waals surface area contributed by atoms with E-state index in [1.807, 2.05) is 72.8 Å². The first-order valence-electron chi connectivity index (χ1n) is 22.6. The molecule has 0 unspecified atom stereocenters. The van der Waals surface area contributed by atoms with Gasteiger partial charge in [-0.1, -0.05) is 54.6 Å². The Bertz CT molecular complexity index is 2810. The van der Waals surface area contributed by atoms with Crippen LogP contribution < -0.4 is 38.5 Å². The number of guanidine groups is 1. The first-order valence-corrected chi connectivity index (χ1v) is 22.6. The van der Waals surface area contributed by atoms with Gasteiger partial charge in [-0.3, -0.25) is 29.0 Å². The van der Waals surface area contributed by atoms with Gasteiger partial charge in [0.1, 0.15) is 30.2 Å². The minimum Gasteiger partial charge on any atom is -0.480 e. The minimum absolute atomic E-state index is 0.00143. The molecule has 68 heavy (non-hydrogen) atoms. The molecule has 0 aliphatic carbocycles. The van der Waals surface area contributed by atoms with Crippen LogP contribution in [-0.4, -0.2) is 127 Å². The lowest BCUT2D eigenvalue weighted by molar-refractivity contribution is -0.146. The van der Waals surface area contributed by atoms with E-state index in [4.69, 9.17) is 17.2 Å². The number of nitrogens with zero attached hydrogens (tertiary/aromatic N) is 2. The number of H-pyrrole nitrogens is 3. The number of aromatic amines is 3. The molecule has 0 spiro atoms. The molecule has 20 nitrogen and oxygen atoms in total. The number of aliphatic hydroxyl groups is 1. The zero-order valence-corrected chi connectivity index (χ0v) is 37.5. The maximum Gasteiger partial charge on any atom is 0.326 e. The van der Waals surface area contributed by atoms with Crippen LogP contribution in [0, 0.1) is 0 Å². The average Bonchev–Trinajstić information content (AvgIpc) is 4.15. The zero-order valence-electron chi connectivity index (χ0n) is 37.5. The number of likely N-dealkylation sites (tertiary alicyclic amines) is 1. The molecule has 7 atom stereocenters. The molecule has 5 amide bonds. The molecular formula is C48H58N12O8.